The average molecular weight is 301 g/mol. The number of benzene rings is 1. The highest BCUT2D eigenvalue weighted by Gasteiger charge is 2.19. The van der Waals surface area contributed by atoms with Crippen molar-refractivity contribution < 1.29 is 9.47 Å². The summed E-state index contributed by atoms with van der Waals surface area (Å²) in [7, 11) is 5.60. The number of piperidine rings is 1. The maximum absolute atomic E-state index is 5.44. The van der Waals surface area contributed by atoms with Crippen molar-refractivity contribution in [3.8, 4) is 11.5 Å². The van der Waals surface area contributed by atoms with Crippen LogP contribution in [0.25, 0.3) is 0 Å². The predicted molar refractivity (Wildman–Crippen MR) is 84.2 cm³/mol. The number of nitrogens with zero attached hydrogens (tertiary/aromatic N) is 1. The Kier molecular flexibility index (Phi) is 7.13. The standard InChI is InChI=1S/C15H24N2O2.ClH/c1-17(13-6-8-16-9-7-13)11-12-10-14(18-2)4-5-15(12)19-3;/h4-5,10,13,16H,6-9,11H2,1-3H3;1H. The molecule has 2 rings (SSSR count). The Bertz CT molecular complexity index is 409. The molecule has 1 aliphatic rings. The number of hydrogen-bond acceptors (Lipinski definition) is 4. The van der Waals surface area contributed by atoms with Gasteiger partial charge in [-0.2, -0.15) is 0 Å². The quantitative estimate of drug-likeness (QED) is 0.905. The second kappa shape index (κ2) is 8.35. The molecule has 0 saturated carbocycles. The van der Waals surface area contributed by atoms with Crippen LogP contribution in [-0.2, 0) is 6.54 Å². The molecular weight excluding hydrogens is 276 g/mol. The van der Waals surface area contributed by atoms with Crippen LogP contribution in [0.2, 0.25) is 0 Å². The lowest BCUT2D eigenvalue weighted by Crippen LogP contribution is -2.40. The minimum Gasteiger partial charge on any atom is -0.497 e. The van der Waals surface area contributed by atoms with E-state index in [1.54, 1.807) is 14.2 Å². The van der Waals surface area contributed by atoms with E-state index in [1.807, 2.05) is 12.1 Å². The third kappa shape index (κ3) is 4.27. The van der Waals surface area contributed by atoms with Crippen molar-refractivity contribution in [2.24, 2.45) is 0 Å². The molecule has 1 aromatic carbocycles. The highest BCUT2D eigenvalue weighted by Crippen LogP contribution is 2.26. The lowest BCUT2D eigenvalue weighted by atomic mass is 10.0. The maximum Gasteiger partial charge on any atom is 0.123 e. The first-order valence-corrected chi connectivity index (χ1v) is 6.86. The first-order valence-electron chi connectivity index (χ1n) is 6.86. The van der Waals surface area contributed by atoms with Crippen LogP contribution in [0.1, 0.15) is 18.4 Å². The summed E-state index contributed by atoms with van der Waals surface area (Å²) in [6, 6.07) is 6.63. The summed E-state index contributed by atoms with van der Waals surface area (Å²) in [6.45, 7) is 3.12. The first kappa shape index (κ1) is 17.1. The van der Waals surface area contributed by atoms with Gasteiger partial charge in [0.25, 0.3) is 0 Å². The molecule has 0 unspecified atom stereocenters. The molecule has 0 aliphatic carbocycles. The zero-order valence-electron chi connectivity index (χ0n) is 12.5. The van der Waals surface area contributed by atoms with E-state index in [1.165, 1.54) is 18.4 Å². The van der Waals surface area contributed by atoms with Gasteiger partial charge in [0, 0.05) is 18.2 Å². The van der Waals surface area contributed by atoms with Gasteiger partial charge < -0.3 is 14.8 Å². The van der Waals surface area contributed by atoms with Crippen LogP contribution in [0, 0.1) is 0 Å². The number of hydrogen-bond donors (Lipinski definition) is 1. The number of methoxy groups -OCH3 is 2. The zero-order chi connectivity index (χ0) is 13.7. The first-order chi connectivity index (χ1) is 9.24. The number of ether oxygens (including phenoxy) is 2. The van der Waals surface area contributed by atoms with E-state index in [2.05, 4.69) is 23.3 Å². The fourth-order valence-electron chi connectivity index (χ4n) is 2.65. The summed E-state index contributed by atoms with van der Waals surface area (Å²) < 4.78 is 10.7. The molecule has 1 heterocycles. The molecule has 5 heteroatoms. The Morgan fingerprint density at radius 2 is 1.90 bits per heavy atom. The Morgan fingerprint density at radius 3 is 2.50 bits per heavy atom. The van der Waals surface area contributed by atoms with Gasteiger partial charge in [0.2, 0.25) is 0 Å². The lowest BCUT2D eigenvalue weighted by molar-refractivity contribution is 0.189. The molecule has 1 aromatic rings. The summed E-state index contributed by atoms with van der Waals surface area (Å²) >= 11 is 0. The van der Waals surface area contributed by atoms with Crippen molar-refractivity contribution in [3.63, 3.8) is 0 Å². The van der Waals surface area contributed by atoms with Crippen molar-refractivity contribution in [1.82, 2.24) is 10.2 Å². The highest BCUT2D eigenvalue weighted by atomic mass is 35.5. The Labute approximate surface area is 127 Å². The van der Waals surface area contributed by atoms with Gasteiger partial charge in [-0.3, -0.25) is 4.90 Å². The minimum atomic E-state index is 0. The van der Waals surface area contributed by atoms with Gasteiger partial charge in [0.15, 0.2) is 0 Å². The monoisotopic (exact) mass is 300 g/mol. The molecule has 0 amide bonds. The van der Waals surface area contributed by atoms with Crippen LogP contribution in [0.3, 0.4) is 0 Å². The Morgan fingerprint density at radius 1 is 1.20 bits per heavy atom. The van der Waals surface area contributed by atoms with E-state index in [0.717, 1.165) is 31.1 Å². The summed E-state index contributed by atoms with van der Waals surface area (Å²) in [5.74, 6) is 1.82. The molecule has 0 atom stereocenters. The average Bonchev–Trinajstić information content (AvgIpc) is 2.48. The van der Waals surface area contributed by atoms with E-state index in [0.29, 0.717) is 6.04 Å². The minimum absolute atomic E-state index is 0. The van der Waals surface area contributed by atoms with Crippen LogP contribution in [0.15, 0.2) is 18.2 Å². The smallest absolute Gasteiger partial charge is 0.123 e. The van der Waals surface area contributed by atoms with E-state index < -0.39 is 0 Å². The van der Waals surface area contributed by atoms with Gasteiger partial charge in [-0.1, -0.05) is 0 Å². The predicted octanol–water partition coefficient (Wildman–Crippen LogP) is 2.31. The van der Waals surface area contributed by atoms with Crippen LogP contribution in [0.5, 0.6) is 11.5 Å². The van der Waals surface area contributed by atoms with Gasteiger partial charge in [-0.25, -0.2) is 0 Å². The van der Waals surface area contributed by atoms with Crippen LogP contribution in [-0.4, -0.2) is 45.3 Å². The number of rotatable bonds is 5. The van der Waals surface area contributed by atoms with Crippen molar-refractivity contribution >= 4 is 12.4 Å². The molecule has 0 bridgehead atoms. The third-order valence-corrected chi connectivity index (χ3v) is 3.84. The molecule has 0 spiro atoms. The van der Waals surface area contributed by atoms with E-state index in [4.69, 9.17) is 9.47 Å². The van der Waals surface area contributed by atoms with E-state index in [9.17, 15) is 0 Å². The van der Waals surface area contributed by atoms with E-state index >= 15 is 0 Å². The van der Waals surface area contributed by atoms with Gasteiger partial charge in [-0.05, 0) is 51.2 Å². The molecular formula is C15H25ClN2O2. The maximum atomic E-state index is 5.44. The van der Waals surface area contributed by atoms with Crippen LogP contribution in [0.4, 0.5) is 0 Å². The van der Waals surface area contributed by atoms with Gasteiger partial charge in [-0.15, -0.1) is 12.4 Å². The molecule has 1 saturated heterocycles. The highest BCUT2D eigenvalue weighted by molar-refractivity contribution is 5.85. The normalized spacial score (nSPS) is 15.8. The van der Waals surface area contributed by atoms with E-state index in [-0.39, 0.29) is 12.4 Å². The van der Waals surface area contributed by atoms with Crippen LogP contribution < -0.4 is 14.8 Å². The van der Waals surface area contributed by atoms with Crippen molar-refractivity contribution in [1.29, 1.82) is 0 Å². The van der Waals surface area contributed by atoms with Crippen LogP contribution >= 0.6 is 12.4 Å². The second-order valence-electron chi connectivity index (χ2n) is 5.07. The van der Waals surface area contributed by atoms with Gasteiger partial charge in [0.1, 0.15) is 11.5 Å². The number of halogens is 1. The molecule has 114 valence electrons. The molecule has 1 aliphatic heterocycles. The van der Waals surface area contributed by atoms with Crippen molar-refractivity contribution in [2.75, 3.05) is 34.4 Å². The van der Waals surface area contributed by atoms with Crippen molar-refractivity contribution in [3.05, 3.63) is 23.8 Å². The molecule has 20 heavy (non-hydrogen) atoms. The molecule has 1 fully saturated rings. The van der Waals surface area contributed by atoms with Gasteiger partial charge in [0.05, 0.1) is 14.2 Å². The SMILES string of the molecule is COc1ccc(OC)c(CN(C)C2CCNCC2)c1.Cl. The topological polar surface area (TPSA) is 33.7 Å². The third-order valence-electron chi connectivity index (χ3n) is 3.84. The second-order valence-corrected chi connectivity index (χ2v) is 5.07. The van der Waals surface area contributed by atoms with Gasteiger partial charge >= 0.3 is 0 Å². The summed E-state index contributed by atoms with van der Waals surface area (Å²) in [6.07, 6.45) is 2.42. The molecule has 0 radical (unpaired) electrons. The zero-order valence-corrected chi connectivity index (χ0v) is 13.3. The Hall–Kier alpha value is -0.970. The molecule has 4 nitrogen and oxygen atoms in total. The summed E-state index contributed by atoms with van der Waals surface area (Å²) in [4.78, 5) is 2.41. The molecule has 0 aromatic heterocycles. The summed E-state index contributed by atoms with van der Waals surface area (Å²) in [5.41, 5.74) is 1.18. The Balaban J connectivity index is 0.00000200. The largest absolute Gasteiger partial charge is 0.497 e. The molecule has 1 N–H and O–H groups in total. The number of nitrogens with one attached hydrogen (secondary N) is 1. The summed E-state index contributed by atoms with van der Waals surface area (Å²) in [5, 5.41) is 3.40. The lowest BCUT2D eigenvalue weighted by Gasteiger charge is -2.32. The van der Waals surface area contributed by atoms with Crippen molar-refractivity contribution in [2.45, 2.75) is 25.4 Å². The fourth-order valence-corrected chi connectivity index (χ4v) is 2.65. The fraction of sp³-hybridized carbons (Fsp3) is 0.600.